The molecule has 3 aromatic carbocycles. The van der Waals surface area contributed by atoms with Crippen molar-refractivity contribution in [3.05, 3.63) is 108 Å². The van der Waals surface area contributed by atoms with Crippen LogP contribution in [-0.4, -0.2) is 10.8 Å². The Bertz CT molecular complexity index is 1180. The quantitative estimate of drug-likeness (QED) is 0.315. The molecule has 0 atom stereocenters. The number of benzene rings is 3. The molecule has 0 spiro atoms. The molecule has 4 rings (SSSR count). The molecule has 0 radical (unpaired) electrons. The number of carbonyl (C=O) groups excluding carboxylic acids is 1. The minimum atomic E-state index is -0.301. The fraction of sp³-hybridized carbons (Fsp3) is 0.0400. The average Bonchev–Trinajstić information content (AvgIpc) is 2.72. The van der Waals surface area contributed by atoms with Gasteiger partial charge in [0.15, 0.2) is 5.78 Å². The van der Waals surface area contributed by atoms with Crippen molar-refractivity contribution in [1.82, 2.24) is 4.98 Å². The molecular formula is C25H18FNO. The maximum atomic E-state index is 13.1. The first-order valence-electron chi connectivity index (χ1n) is 9.06. The van der Waals surface area contributed by atoms with Crippen molar-refractivity contribution in [3.8, 4) is 11.1 Å². The number of aromatic nitrogens is 1. The Hall–Kier alpha value is -3.59. The van der Waals surface area contributed by atoms with Crippen molar-refractivity contribution in [2.75, 3.05) is 0 Å². The lowest BCUT2D eigenvalue weighted by atomic mass is 9.92. The average molecular weight is 367 g/mol. The van der Waals surface area contributed by atoms with Crippen molar-refractivity contribution < 1.29 is 9.18 Å². The van der Waals surface area contributed by atoms with Gasteiger partial charge in [-0.2, -0.15) is 0 Å². The summed E-state index contributed by atoms with van der Waals surface area (Å²) in [7, 11) is 0. The van der Waals surface area contributed by atoms with E-state index < -0.39 is 0 Å². The molecule has 0 aliphatic rings. The zero-order valence-corrected chi connectivity index (χ0v) is 15.4. The van der Waals surface area contributed by atoms with Crippen LogP contribution in [0.5, 0.6) is 0 Å². The van der Waals surface area contributed by atoms with Crippen LogP contribution < -0.4 is 0 Å². The largest absolute Gasteiger partial charge is 0.289 e. The maximum absolute atomic E-state index is 13.1. The second-order valence-electron chi connectivity index (χ2n) is 6.58. The molecule has 3 heteroatoms. The summed E-state index contributed by atoms with van der Waals surface area (Å²) in [4.78, 5) is 17.8. The molecular weight excluding hydrogens is 349 g/mol. The van der Waals surface area contributed by atoms with Gasteiger partial charge in [0.25, 0.3) is 0 Å². The van der Waals surface area contributed by atoms with Gasteiger partial charge >= 0.3 is 0 Å². The molecule has 0 amide bonds. The molecule has 0 N–H and O–H groups in total. The third-order valence-corrected chi connectivity index (χ3v) is 4.68. The molecule has 1 aromatic heterocycles. The van der Waals surface area contributed by atoms with Gasteiger partial charge in [-0.05, 0) is 42.3 Å². The molecule has 136 valence electrons. The number of hydrogen-bond donors (Lipinski definition) is 0. The number of fused-ring (bicyclic) bond motifs is 1. The van der Waals surface area contributed by atoms with Crippen molar-refractivity contribution in [2.45, 2.75) is 6.92 Å². The van der Waals surface area contributed by atoms with Crippen LogP contribution >= 0.6 is 0 Å². The SMILES string of the molecule is Cc1nc2ccccc2c(-c2ccccc2)c1C(=O)C=Cc1ccc(F)cc1. The van der Waals surface area contributed by atoms with Crippen LogP contribution in [-0.2, 0) is 0 Å². The van der Waals surface area contributed by atoms with E-state index in [4.69, 9.17) is 0 Å². The highest BCUT2D eigenvalue weighted by Gasteiger charge is 2.18. The fourth-order valence-corrected chi connectivity index (χ4v) is 3.37. The zero-order chi connectivity index (χ0) is 19.5. The van der Waals surface area contributed by atoms with Gasteiger partial charge < -0.3 is 0 Å². The van der Waals surface area contributed by atoms with Crippen LogP contribution in [0.1, 0.15) is 21.6 Å². The molecule has 28 heavy (non-hydrogen) atoms. The number of aryl methyl sites for hydroxylation is 1. The van der Waals surface area contributed by atoms with Crippen LogP contribution in [0.2, 0.25) is 0 Å². The van der Waals surface area contributed by atoms with E-state index in [-0.39, 0.29) is 11.6 Å². The third-order valence-electron chi connectivity index (χ3n) is 4.68. The van der Waals surface area contributed by atoms with Crippen molar-refractivity contribution in [1.29, 1.82) is 0 Å². The van der Waals surface area contributed by atoms with Crippen molar-refractivity contribution in [3.63, 3.8) is 0 Å². The Morgan fingerprint density at radius 3 is 2.32 bits per heavy atom. The van der Waals surface area contributed by atoms with E-state index in [1.54, 1.807) is 18.2 Å². The van der Waals surface area contributed by atoms with E-state index in [0.29, 0.717) is 11.3 Å². The summed E-state index contributed by atoms with van der Waals surface area (Å²) in [5, 5.41) is 0.942. The Balaban J connectivity index is 1.87. The molecule has 0 aliphatic heterocycles. The Morgan fingerprint density at radius 2 is 1.57 bits per heavy atom. The number of ketones is 1. The van der Waals surface area contributed by atoms with Crippen molar-refractivity contribution >= 4 is 22.8 Å². The summed E-state index contributed by atoms with van der Waals surface area (Å²) in [5.74, 6) is -0.427. The minimum Gasteiger partial charge on any atom is -0.289 e. The van der Waals surface area contributed by atoms with Crippen LogP contribution in [0, 0.1) is 12.7 Å². The molecule has 2 nitrogen and oxygen atoms in total. The van der Waals surface area contributed by atoms with E-state index in [1.807, 2.05) is 61.5 Å². The summed E-state index contributed by atoms with van der Waals surface area (Å²) < 4.78 is 13.1. The summed E-state index contributed by atoms with van der Waals surface area (Å²) in [6.45, 7) is 1.86. The molecule has 0 unspecified atom stereocenters. The van der Waals surface area contributed by atoms with Crippen LogP contribution in [0.4, 0.5) is 4.39 Å². The fourth-order valence-electron chi connectivity index (χ4n) is 3.37. The van der Waals surface area contributed by atoms with Gasteiger partial charge in [-0.3, -0.25) is 9.78 Å². The van der Waals surface area contributed by atoms with Gasteiger partial charge in [0.1, 0.15) is 5.82 Å². The molecule has 0 saturated heterocycles. The van der Waals surface area contributed by atoms with Crippen LogP contribution in [0.25, 0.3) is 28.1 Å². The van der Waals surface area contributed by atoms with Crippen molar-refractivity contribution in [2.24, 2.45) is 0 Å². The highest BCUT2D eigenvalue weighted by atomic mass is 19.1. The summed E-state index contributed by atoms with van der Waals surface area (Å²) >= 11 is 0. The van der Waals surface area contributed by atoms with Gasteiger partial charge in [-0.15, -0.1) is 0 Å². The second-order valence-corrected chi connectivity index (χ2v) is 6.58. The third kappa shape index (κ3) is 3.47. The first-order chi connectivity index (χ1) is 13.6. The van der Waals surface area contributed by atoms with E-state index in [9.17, 15) is 9.18 Å². The van der Waals surface area contributed by atoms with E-state index >= 15 is 0 Å². The van der Waals surface area contributed by atoms with Crippen LogP contribution in [0.3, 0.4) is 0 Å². The second kappa shape index (κ2) is 7.57. The Morgan fingerprint density at radius 1 is 0.893 bits per heavy atom. The van der Waals surface area contributed by atoms with Gasteiger partial charge in [-0.25, -0.2) is 4.39 Å². The Labute approximate surface area is 163 Å². The highest BCUT2D eigenvalue weighted by molar-refractivity contribution is 6.16. The predicted octanol–water partition coefficient (Wildman–Crippen LogP) is 6.25. The minimum absolute atomic E-state index is 0.126. The molecule has 0 fully saturated rings. The summed E-state index contributed by atoms with van der Waals surface area (Å²) in [6, 6.07) is 23.8. The lowest BCUT2D eigenvalue weighted by Crippen LogP contribution is -2.05. The molecule has 0 aliphatic carbocycles. The number of rotatable bonds is 4. The lowest BCUT2D eigenvalue weighted by molar-refractivity contribution is 0.104. The topological polar surface area (TPSA) is 30.0 Å². The number of carbonyl (C=O) groups is 1. The number of hydrogen-bond acceptors (Lipinski definition) is 2. The summed E-state index contributed by atoms with van der Waals surface area (Å²) in [6.07, 6.45) is 3.23. The maximum Gasteiger partial charge on any atom is 0.188 e. The van der Waals surface area contributed by atoms with Gasteiger partial charge in [0, 0.05) is 16.6 Å². The normalized spacial score (nSPS) is 11.2. The highest BCUT2D eigenvalue weighted by Crippen LogP contribution is 2.33. The molecule has 0 saturated carbocycles. The van der Waals surface area contributed by atoms with Gasteiger partial charge in [0.05, 0.1) is 11.1 Å². The monoisotopic (exact) mass is 367 g/mol. The van der Waals surface area contributed by atoms with Crippen LogP contribution in [0.15, 0.2) is 84.9 Å². The molecule has 4 aromatic rings. The number of allylic oxidation sites excluding steroid dienone is 1. The van der Waals surface area contributed by atoms with Gasteiger partial charge in [0.2, 0.25) is 0 Å². The summed E-state index contributed by atoms with van der Waals surface area (Å²) in [5.41, 5.74) is 4.76. The van der Waals surface area contributed by atoms with E-state index in [0.717, 1.165) is 27.6 Å². The number of pyridine rings is 1. The predicted molar refractivity (Wildman–Crippen MR) is 112 cm³/mol. The van der Waals surface area contributed by atoms with E-state index in [2.05, 4.69) is 4.98 Å². The molecule has 0 bridgehead atoms. The molecule has 1 heterocycles. The standard InChI is InChI=1S/C25H18FNO/c1-17-24(23(28)16-13-18-11-14-20(26)15-12-18)25(19-7-3-2-4-8-19)21-9-5-6-10-22(21)27-17/h2-16H,1H3. The lowest BCUT2D eigenvalue weighted by Gasteiger charge is -2.14. The number of para-hydroxylation sites is 1. The van der Waals surface area contributed by atoms with Gasteiger partial charge in [-0.1, -0.05) is 66.7 Å². The zero-order valence-electron chi connectivity index (χ0n) is 15.4. The first-order valence-corrected chi connectivity index (χ1v) is 9.06. The number of halogens is 1. The first kappa shape index (κ1) is 17.8. The smallest absolute Gasteiger partial charge is 0.188 e. The Kier molecular flexibility index (Phi) is 4.81. The van der Waals surface area contributed by atoms with E-state index in [1.165, 1.54) is 18.2 Å². The number of nitrogens with zero attached hydrogens (tertiary/aromatic N) is 1.